The maximum absolute atomic E-state index is 12.9. The van der Waals surface area contributed by atoms with Gasteiger partial charge in [0.15, 0.2) is 10.8 Å². The summed E-state index contributed by atoms with van der Waals surface area (Å²) < 4.78 is 50.2. The first-order valence-electron chi connectivity index (χ1n) is 10.2. The number of aromatic nitrogens is 2. The quantitative estimate of drug-likeness (QED) is 0.262. The molecular weight excluding hydrogens is 517 g/mol. The average molecular weight is 541 g/mol. The van der Waals surface area contributed by atoms with Crippen LogP contribution in [0, 0.1) is 13.8 Å². The van der Waals surface area contributed by atoms with Crippen LogP contribution in [-0.2, 0) is 22.2 Å². The predicted molar refractivity (Wildman–Crippen MR) is 127 cm³/mol. The van der Waals surface area contributed by atoms with Crippen LogP contribution in [0.1, 0.15) is 57.2 Å². The summed E-state index contributed by atoms with van der Waals surface area (Å²) >= 11 is 12.0. The monoisotopic (exact) mass is 540 g/mol. The van der Waals surface area contributed by atoms with Gasteiger partial charge < -0.3 is 20.1 Å². The molecule has 0 saturated carbocycles. The van der Waals surface area contributed by atoms with Gasteiger partial charge in [-0.3, -0.25) is 4.68 Å². The van der Waals surface area contributed by atoms with E-state index in [0.717, 1.165) is 11.3 Å². The Morgan fingerprint density at radius 1 is 1.18 bits per heavy atom. The number of hydrogen-bond donors (Lipinski definition) is 2. The lowest BCUT2D eigenvalue weighted by atomic mass is 10.1. The molecule has 188 valence electrons. The fourth-order valence-corrected chi connectivity index (χ4v) is 4.55. The van der Waals surface area contributed by atoms with Gasteiger partial charge in [0.2, 0.25) is 0 Å². The van der Waals surface area contributed by atoms with Crippen molar-refractivity contribution in [2.75, 3.05) is 25.1 Å². The summed E-state index contributed by atoms with van der Waals surface area (Å²) in [6.07, 6.45) is -4.24. The van der Waals surface area contributed by atoms with Crippen LogP contribution in [0.5, 0.6) is 0 Å². The molecule has 0 aromatic carbocycles. The van der Waals surface area contributed by atoms with Gasteiger partial charge in [-0.15, -0.1) is 11.3 Å². The molecule has 0 saturated heterocycles. The van der Waals surface area contributed by atoms with Gasteiger partial charge in [0.05, 0.1) is 29.5 Å². The van der Waals surface area contributed by atoms with E-state index < -0.39 is 28.8 Å². The standard InChI is InChI=1S/C20H24ClF3N4O4S2/c1-5-31-17(29)12-10(3)14(18(30)32-6-2)34-16(12)26-19(33)25-8-7-9-28-11(4)13(21)15(27-28)20(22,23)24/h5-9H2,1-4H3,(H2,25,26,33). The number of ether oxygens (including phenoxy) is 2. The second kappa shape index (κ2) is 11.8. The van der Waals surface area contributed by atoms with Crippen molar-refractivity contribution in [3.63, 3.8) is 0 Å². The fraction of sp³-hybridized carbons (Fsp3) is 0.500. The summed E-state index contributed by atoms with van der Waals surface area (Å²) in [5, 5.41) is 9.41. The number of rotatable bonds is 9. The number of halogens is 4. The minimum absolute atomic E-state index is 0.151. The van der Waals surface area contributed by atoms with Crippen molar-refractivity contribution in [2.24, 2.45) is 0 Å². The molecular formula is C20H24ClF3N4O4S2. The molecule has 2 aromatic heterocycles. The predicted octanol–water partition coefficient (Wildman–Crippen LogP) is 4.96. The van der Waals surface area contributed by atoms with Crippen LogP contribution in [0.2, 0.25) is 5.02 Å². The zero-order valence-corrected chi connectivity index (χ0v) is 21.3. The van der Waals surface area contributed by atoms with Crippen LogP contribution in [-0.4, -0.2) is 46.6 Å². The Morgan fingerprint density at radius 2 is 1.79 bits per heavy atom. The van der Waals surface area contributed by atoms with E-state index in [2.05, 4.69) is 15.7 Å². The van der Waals surface area contributed by atoms with Gasteiger partial charge in [0.25, 0.3) is 0 Å². The van der Waals surface area contributed by atoms with Crippen molar-refractivity contribution in [1.82, 2.24) is 15.1 Å². The van der Waals surface area contributed by atoms with E-state index >= 15 is 0 Å². The second-order valence-corrected chi connectivity index (χ2v) is 8.71. The highest BCUT2D eigenvalue weighted by atomic mass is 35.5. The minimum Gasteiger partial charge on any atom is -0.462 e. The number of aryl methyl sites for hydroxylation is 1. The summed E-state index contributed by atoms with van der Waals surface area (Å²) in [5.41, 5.74) is -0.303. The van der Waals surface area contributed by atoms with Crippen LogP contribution in [0.4, 0.5) is 18.2 Å². The molecule has 0 unspecified atom stereocenters. The van der Waals surface area contributed by atoms with E-state index in [1.807, 2.05) is 0 Å². The molecule has 34 heavy (non-hydrogen) atoms. The highest BCUT2D eigenvalue weighted by molar-refractivity contribution is 7.80. The number of hydrogen-bond acceptors (Lipinski definition) is 7. The third kappa shape index (κ3) is 6.60. The fourth-order valence-electron chi connectivity index (χ4n) is 2.94. The lowest BCUT2D eigenvalue weighted by Gasteiger charge is -2.11. The molecule has 2 heterocycles. The van der Waals surface area contributed by atoms with E-state index in [9.17, 15) is 22.8 Å². The Bertz CT molecular complexity index is 1070. The molecule has 0 fully saturated rings. The Hall–Kier alpha value is -2.38. The smallest absolute Gasteiger partial charge is 0.436 e. The second-order valence-electron chi connectivity index (χ2n) is 6.90. The van der Waals surface area contributed by atoms with Crippen molar-refractivity contribution in [3.05, 3.63) is 32.4 Å². The van der Waals surface area contributed by atoms with Crippen molar-refractivity contribution in [1.29, 1.82) is 0 Å². The molecule has 0 radical (unpaired) electrons. The Balaban J connectivity index is 2.04. The molecule has 14 heteroatoms. The first kappa shape index (κ1) is 27.9. The summed E-state index contributed by atoms with van der Waals surface area (Å²) in [7, 11) is 0. The SMILES string of the molecule is CCOC(=O)c1sc(NC(=S)NCCCn2nc(C(F)(F)F)c(Cl)c2C)c(C(=O)OCC)c1C. The maximum atomic E-state index is 12.9. The number of carbonyl (C=O) groups is 2. The van der Waals surface area contributed by atoms with Gasteiger partial charge in [0, 0.05) is 13.1 Å². The minimum atomic E-state index is -4.63. The third-order valence-corrected chi connectivity index (χ3v) is 6.43. The van der Waals surface area contributed by atoms with Gasteiger partial charge in [-0.2, -0.15) is 18.3 Å². The molecule has 0 aliphatic carbocycles. The average Bonchev–Trinajstić information content (AvgIpc) is 3.22. The lowest BCUT2D eigenvalue weighted by Crippen LogP contribution is -2.30. The van der Waals surface area contributed by atoms with Crippen LogP contribution in [0.25, 0.3) is 0 Å². The molecule has 8 nitrogen and oxygen atoms in total. The number of nitrogens with one attached hydrogen (secondary N) is 2. The van der Waals surface area contributed by atoms with Gasteiger partial charge in [-0.05, 0) is 51.9 Å². The Kier molecular flexibility index (Phi) is 9.71. The molecule has 0 bridgehead atoms. The molecule has 0 amide bonds. The van der Waals surface area contributed by atoms with Crippen LogP contribution >= 0.6 is 35.2 Å². The molecule has 2 rings (SSSR count). The summed E-state index contributed by atoms with van der Waals surface area (Å²) in [6.45, 7) is 7.22. The normalized spacial score (nSPS) is 11.3. The Morgan fingerprint density at radius 3 is 2.35 bits per heavy atom. The van der Waals surface area contributed by atoms with E-state index in [1.165, 1.54) is 11.6 Å². The van der Waals surface area contributed by atoms with Gasteiger partial charge in [0.1, 0.15) is 9.88 Å². The third-order valence-electron chi connectivity index (χ3n) is 4.55. The number of alkyl halides is 3. The molecule has 0 aliphatic heterocycles. The molecule has 0 atom stereocenters. The largest absolute Gasteiger partial charge is 0.462 e. The van der Waals surface area contributed by atoms with E-state index in [-0.39, 0.29) is 41.0 Å². The Labute approximate surface area is 208 Å². The summed E-state index contributed by atoms with van der Waals surface area (Å²) in [6, 6.07) is 0. The van der Waals surface area contributed by atoms with Crippen LogP contribution < -0.4 is 10.6 Å². The topological polar surface area (TPSA) is 94.5 Å². The zero-order valence-electron chi connectivity index (χ0n) is 18.9. The molecule has 2 N–H and O–H groups in total. The van der Waals surface area contributed by atoms with E-state index in [1.54, 1.807) is 20.8 Å². The highest BCUT2D eigenvalue weighted by Crippen LogP contribution is 2.36. The van der Waals surface area contributed by atoms with Crippen molar-refractivity contribution in [2.45, 2.75) is 46.8 Å². The molecule has 0 spiro atoms. The van der Waals surface area contributed by atoms with Crippen LogP contribution in [0.3, 0.4) is 0 Å². The zero-order chi connectivity index (χ0) is 25.6. The lowest BCUT2D eigenvalue weighted by molar-refractivity contribution is -0.141. The number of nitrogens with zero attached hydrogens (tertiary/aromatic N) is 2. The first-order valence-corrected chi connectivity index (χ1v) is 11.8. The van der Waals surface area contributed by atoms with E-state index in [4.69, 9.17) is 33.3 Å². The first-order chi connectivity index (χ1) is 15.9. The molecule has 0 aliphatic rings. The van der Waals surface area contributed by atoms with Crippen molar-refractivity contribution < 1.29 is 32.2 Å². The number of anilines is 1. The number of carbonyl (C=O) groups excluding carboxylic acids is 2. The summed E-state index contributed by atoms with van der Waals surface area (Å²) in [4.78, 5) is 24.9. The van der Waals surface area contributed by atoms with E-state index in [0.29, 0.717) is 23.5 Å². The van der Waals surface area contributed by atoms with Gasteiger partial charge in [-0.25, -0.2) is 9.59 Å². The summed E-state index contributed by atoms with van der Waals surface area (Å²) in [5.74, 6) is -1.17. The molecule has 2 aromatic rings. The number of thiophene rings is 1. The van der Waals surface area contributed by atoms with Crippen molar-refractivity contribution >= 4 is 57.2 Å². The maximum Gasteiger partial charge on any atom is 0.436 e. The van der Waals surface area contributed by atoms with Gasteiger partial charge in [-0.1, -0.05) is 11.6 Å². The van der Waals surface area contributed by atoms with Crippen LogP contribution in [0.15, 0.2) is 0 Å². The number of esters is 2. The van der Waals surface area contributed by atoms with Crippen molar-refractivity contribution in [3.8, 4) is 0 Å². The number of thiocarbonyl (C=S) groups is 1. The highest BCUT2D eigenvalue weighted by Gasteiger charge is 2.38. The van der Waals surface area contributed by atoms with Gasteiger partial charge >= 0.3 is 18.1 Å².